The third-order valence-electron chi connectivity index (χ3n) is 2.19. The first-order chi connectivity index (χ1) is 8.68. The molecule has 0 atom stereocenters. The van der Waals surface area contributed by atoms with Gasteiger partial charge in [0.15, 0.2) is 11.5 Å². The summed E-state index contributed by atoms with van der Waals surface area (Å²) in [6.07, 6.45) is 2.94. The van der Waals surface area contributed by atoms with Crippen LogP contribution in [-0.2, 0) is 21.0 Å². The summed E-state index contributed by atoms with van der Waals surface area (Å²) in [7, 11) is 0. The third kappa shape index (κ3) is 2.72. The molecule has 2 aromatic heterocycles. The van der Waals surface area contributed by atoms with Gasteiger partial charge in [0.25, 0.3) is 0 Å². The molecule has 2 heterocycles. The number of ether oxygens (including phenoxy) is 2. The maximum atomic E-state index is 10.5. The Morgan fingerprint density at radius 3 is 3.00 bits per heavy atom. The van der Waals surface area contributed by atoms with E-state index in [1.54, 1.807) is 10.9 Å². The molecule has 0 aliphatic rings. The Kier molecular flexibility index (Phi) is 3.68. The number of nitrogens with zero attached hydrogens (tertiary/aromatic N) is 4. The van der Waals surface area contributed by atoms with Crippen molar-refractivity contribution in [2.75, 3.05) is 18.9 Å². The number of hydrogen-bond donors (Lipinski definition) is 1. The summed E-state index contributed by atoms with van der Waals surface area (Å²) in [5.74, 6) is 0.00542. The molecule has 0 fully saturated rings. The van der Waals surface area contributed by atoms with Crippen LogP contribution in [0.4, 0.5) is 5.82 Å². The fraction of sp³-hybridized carbons (Fsp3) is 0.400. The number of hydrogen-bond acceptors (Lipinski definition) is 7. The Hall–Kier alpha value is -2.22. The molecule has 2 aromatic rings. The van der Waals surface area contributed by atoms with Crippen molar-refractivity contribution in [2.24, 2.45) is 0 Å². The van der Waals surface area contributed by atoms with E-state index >= 15 is 0 Å². The molecule has 0 aromatic carbocycles. The summed E-state index contributed by atoms with van der Waals surface area (Å²) >= 11 is 0. The Balaban J connectivity index is 1.92. The number of rotatable bonds is 5. The predicted octanol–water partition coefficient (Wildman–Crippen LogP) is -0.0543. The number of anilines is 1. The smallest absolute Gasteiger partial charge is 0.302 e. The van der Waals surface area contributed by atoms with Crippen LogP contribution in [0.2, 0.25) is 0 Å². The molecule has 0 unspecified atom stereocenters. The number of carbonyl (C=O) groups is 1. The van der Waals surface area contributed by atoms with Crippen LogP contribution in [0.3, 0.4) is 0 Å². The molecule has 8 nitrogen and oxygen atoms in total. The lowest BCUT2D eigenvalue weighted by atomic mass is 10.5. The Labute approximate surface area is 103 Å². The highest BCUT2D eigenvalue weighted by Crippen LogP contribution is 2.13. The number of nitrogens with two attached hydrogens (primary N) is 1. The number of fused-ring (bicyclic) bond motifs is 1. The van der Waals surface area contributed by atoms with E-state index in [2.05, 4.69) is 15.0 Å². The molecule has 0 spiro atoms. The van der Waals surface area contributed by atoms with Crippen molar-refractivity contribution < 1.29 is 14.3 Å². The minimum Gasteiger partial charge on any atom is -0.463 e. The van der Waals surface area contributed by atoms with Crippen molar-refractivity contribution in [2.45, 2.75) is 13.7 Å². The Bertz CT molecular complexity index is 553. The molecule has 96 valence electrons. The standard InChI is InChI=1S/C10H13N5O3/c1-7(16)18-3-2-17-6-15-5-14-8-9(11)12-4-13-10(8)15/h4-5H,2-3,6H2,1H3,(H2,11,12,13). The van der Waals surface area contributed by atoms with Gasteiger partial charge in [-0.05, 0) is 0 Å². The number of nitrogen functional groups attached to an aromatic ring is 1. The second-order valence-electron chi connectivity index (χ2n) is 3.52. The van der Waals surface area contributed by atoms with Crippen LogP contribution in [0.1, 0.15) is 6.92 Å². The van der Waals surface area contributed by atoms with Crippen LogP contribution in [-0.4, -0.2) is 38.7 Å². The second kappa shape index (κ2) is 5.41. The molecule has 2 N–H and O–H groups in total. The molecule has 0 aliphatic carbocycles. The molecule has 0 saturated carbocycles. The van der Waals surface area contributed by atoms with E-state index in [4.69, 9.17) is 15.2 Å². The number of carbonyl (C=O) groups excluding carboxylic acids is 1. The van der Waals surface area contributed by atoms with E-state index < -0.39 is 0 Å². The predicted molar refractivity (Wildman–Crippen MR) is 62.3 cm³/mol. The minimum absolute atomic E-state index is 0.221. The van der Waals surface area contributed by atoms with E-state index in [1.165, 1.54) is 13.3 Å². The van der Waals surface area contributed by atoms with Crippen molar-refractivity contribution in [3.63, 3.8) is 0 Å². The van der Waals surface area contributed by atoms with Crippen molar-refractivity contribution in [3.8, 4) is 0 Å². The Morgan fingerprint density at radius 2 is 2.22 bits per heavy atom. The summed E-state index contributed by atoms with van der Waals surface area (Å²) < 4.78 is 11.7. The molecule has 0 radical (unpaired) electrons. The highest BCUT2D eigenvalue weighted by atomic mass is 16.6. The van der Waals surface area contributed by atoms with Crippen molar-refractivity contribution >= 4 is 23.0 Å². The van der Waals surface area contributed by atoms with Gasteiger partial charge in [0.1, 0.15) is 25.2 Å². The van der Waals surface area contributed by atoms with Gasteiger partial charge >= 0.3 is 5.97 Å². The van der Waals surface area contributed by atoms with E-state index in [0.717, 1.165) is 0 Å². The van der Waals surface area contributed by atoms with Crippen molar-refractivity contribution in [1.82, 2.24) is 19.5 Å². The van der Waals surface area contributed by atoms with Gasteiger partial charge in [-0.1, -0.05) is 0 Å². The average molecular weight is 251 g/mol. The van der Waals surface area contributed by atoms with Gasteiger partial charge in [-0.3, -0.25) is 9.36 Å². The normalized spacial score (nSPS) is 10.7. The van der Waals surface area contributed by atoms with Gasteiger partial charge < -0.3 is 15.2 Å². The summed E-state index contributed by atoms with van der Waals surface area (Å²) in [4.78, 5) is 22.5. The molecule has 18 heavy (non-hydrogen) atoms. The summed E-state index contributed by atoms with van der Waals surface area (Å²) in [6, 6.07) is 0. The molecule has 0 bridgehead atoms. The van der Waals surface area contributed by atoms with E-state index in [9.17, 15) is 4.79 Å². The van der Waals surface area contributed by atoms with Gasteiger partial charge in [0.2, 0.25) is 0 Å². The second-order valence-corrected chi connectivity index (χ2v) is 3.52. The monoisotopic (exact) mass is 251 g/mol. The molecule has 0 saturated heterocycles. The van der Waals surface area contributed by atoms with Crippen LogP contribution < -0.4 is 5.73 Å². The summed E-state index contributed by atoms with van der Waals surface area (Å²) in [5, 5.41) is 0. The first kappa shape index (κ1) is 12.2. The average Bonchev–Trinajstić information content (AvgIpc) is 2.73. The van der Waals surface area contributed by atoms with E-state index in [1.807, 2.05) is 0 Å². The number of imidazole rings is 1. The highest BCUT2D eigenvalue weighted by molar-refractivity contribution is 5.80. The zero-order valence-corrected chi connectivity index (χ0v) is 9.87. The van der Waals surface area contributed by atoms with Gasteiger partial charge in [0.05, 0.1) is 12.9 Å². The SMILES string of the molecule is CC(=O)OCCOCn1cnc2c(N)ncnc21. The zero-order valence-electron chi connectivity index (χ0n) is 9.87. The lowest BCUT2D eigenvalue weighted by Gasteiger charge is -2.05. The fourth-order valence-corrected chi connectivity index (χ4v) is 1.40. The van der Waals surface area contributed by atoms with Crippen LogP contribution in [0.5, 0.6) is 0 Å². The maximum Gasteiger partial charge on any atom is 0.302 e. The topological polar surface area (TPSA) is 105 Å². The van der Waals surface area contributed by atoms with E-state index in [-0.39, 0.29) is 19.3 Å². The van der Waals surface area contributed by atoms with Gasteiger partial charge in [-0.2, -0.15) is 0 Å². The summed E-state index contributed by atoms with van der Waals surface area (Å²) in [5.41, 5.74) is 6.80. The molecule has 0 amide bonds. The first-order valence-corrected chi connectivity index (χ1v) is 5.31. The molecule has 2 rings (SSSR count). The zero-order chi connectivity index (χ0) is 13.0. The lowest BCUT2D eigenvalue weighted by Crippen LogP contribution is -2.10. The van der Waals surface area contributed by atoms with Crippen LogP contribution in [0, 0.1) is 0 Å². The third-order valence-corrected chi connectivity index (χ3v) is 2.19. The van der Waals surface area contributed by atoms with Gasteiger partial charge in [-0.15, -0.1) is 0 Å². The number of aromatic nitrogens is 4. The number of esters is 1. The van der Waals surface area contributed by atoms with Gasteiger partial charge in [-0.25, -0.2) is 15.0 Å². The maximum absolute atomic E-state index is 10.5. The van der Waals surface area contributed by atoms with Crippen LogP contribution in [0.25, 0.3) is 11.2 Å². The highest BCUT2D eigenvalue weighted by Gasteiger charge is 2.07. The molecule has 0 aliphatic heterocycles. The molecular weight excluding hydrogens is 238 g/mol. The Morgan fingerprint density at radius 1 is 1.39 bits per heavy atom. The largest absolute Gasteiger partial charge is 0.463 e. The van der Waals surface area contributed by atoms with E-state index in [0.29, 0.717) is 23.6 Å². The molecular formula is C10H13N5O3. The van der Waals surface area contributed by atoms with Crippen molar-refractivity contribution in [1.29, 1.82) is 0 Å². The minimum atomic E-state index is -0.327. The fourth-order valence-electron chi connectivity index (χ4n) is 1.40. The lowest BCUT2D eigenvalue weighted by molar-refractivity contribution is -0.142. The first-order valence-electron chi connectivity index (χ1n) is 5.31. The quantitative estimate of drug-likeness (QED) is 0.586. The van der Waals surface area contributed by atoms with Crippen LogP contribution >= 0.6 is 0 Å². The molecule has 8 heteroatoms. The van der Waals surface area contributed by atoms with Gasteiger partial charge in [0, 0.05) is 6.92 Å². The summed E-state index contributed by atoms with van der Waals surface area (Å²) in [6.45, 7) is 2.14. The van der Waals surface area contributed by atoms with Crippen LogP contribution in [0.15, 0.2) is 12.7 Å². The van der Waals surface area contributed by atoms with Crippen molar-refractivity contribution in [3.05, 3.63) is 12.7 Å².